The molecular weight excluding hydrogens is 442 g/mol. The monoisotopic (exact) mass is 495 g/mol. The fourth-order valence-electron chi connectivity index (χ4n) is 5.59. The number of rotatable bonds is 4. The molecule has 0 aliphatic heterocycles. The largest absolute Gasteiger partial charge is 0.507 e. The van der Waals surface area contributed by atoms with Crippen LogP contribution >= 0.6 is 0 Å². The van der Waals surface area contributed by atoms with E-state index >= 15 is 0 Å². The molecule has 0 bridgehead atoms. The summed E-state index contributed by atoms with van der Waals surface area (Å²) in [5.41, 5.74) is 8.36. The zero-order chi connectivity index (χ0) is 28.2. The highest BCUT2D eigenvalue weighted by molar-refractivity contribution is 5.56. The molecule has 36 heavy (non-hydrogen) atoms. The van der Waals surface area contributed by atoms with E-state index in [-0.39, 0.29) is 21.7 Å². The molecule has 0 saturated carbocycles. The highest BCUT2D eigenvalue weighted by Gasteiger charge is 2.31. The number of phenols is 2. The Labute approximate surface area is 222 Å². The summed E-state index contributed by atoms with van der Waals surface area (Å²) in [5.74, 6) is 0.885. The Bertz CT molecular complexity index is 1020. The van der Waals surface area contributed by atoms with Crippen molar-refractivity contribution < 1.29 is 10.2 Å². The molecule has 0 aliphatic rings. The fourth-order valence-corrected chi connectivity index (χ4v) is 5.59. The van der Waals surface area contributed by atoms with Crippen LogP contribution in [-0.4, -0.2) is 22.2 Å². The van der Waals surface area contributed by atoms with E-state index in [0.29, 0.717) is 11.5 Å². The highest BCUT2D eigenvalue weighted by atomic mass is 16.3. The maximum Gasteiger partial charge on any atom is 0.123 e. The van der Waals surface area contributed by atoms with Gasteiger partial charge in [-0.05, 0) is 75.9 Å². The Morgan fingerprint density at radius 2 is 0.833 bits per heavy atom. The maximum atomic E-state index is 11.3. The lowest BCUT2D eigenvalue weighted by Crippen LogP contribution is -2.25. The molecule has 202 valence electrons. The number of phenolic OH excluding ortho intramolecular Hbond substituents is 2. The number of hydrogen-bond acceptors (Lipinski definition) is 3. The molecule has 2 N–H and O–H groups in total. The minimum Gasteiger partial charge on any atom is -0.507 e. The smallest absolute Gasteiger partial charge is 0.123 e. The predicted molar refractivity (Wildman–Crippen MR) is 156 cm³/mol. The van der Waals surface area contributed by atoms with Crippen molar-refractivity contribution in [2.45, 2.75) is 132 Å². The van der Waals surface area contributed by atoms with Gasteiger partial charge in [0.2, 0.25) is 0 Å². The third-order valence-electron chi connectivity index (χ3n) is 7.33. The second kappa shape index (κ2) is 9.71. The Morgan fingerprint density at radius 3 is 1.06 bits per heavy atom. The number of benzene rings is 2. The van der Waals surface area contributed by atoms with Crippen molar-refractivity contribution in [3.8, 4) is 11.5 Å². The zero-order valence-electron chi connectivity index (χ0n) is 25.9. The van der Waals surface area contributed by atoms with Crippen molar-refractivity contribution >= 4 is 0 Å². The van der Waals surface area contributed by atoms with Gasteiger partial charge in [0.25, 0.3) is 0 Å². The van der Waals surface area contributed by atoms with Gasteiger partial charge in [0.1, 0.15) is 11.5 Å². The van der Waals surface area contributed by atoms with Crippen LogP contribution in [0.25, 0.3) is 0 Å². The Hall–Kier alpha value is -2.00. The van der Waals surface area contributed by atoms with E-state index in [4.69, 9.17) is 0 Å². The van der Waals surface area contributed by atoms with Gasteiger partial charge in [-0.15, -0.1) is 0 Å². The molecule has 0 spiro atoms. The van der Waals surface area contributed by atoms with Crippen LogP contribution < -0.4 is 0 Å². The van der Waals surface area contributed by atoms with E-state index in [9.17, 15) is 10.2 Å². The maximum absolute atomic E-state index is 11.3. The molecule has 0 fully saturated rings. The fraction of sp³-hybridized carbons (Fsp3) is 0.636. The molecule has 3 nitrogen and oxygen atoms in total. The van der Waals surface area contributed by atoms with Gasteiger partial charge in [-0.25, -0.2) is 0 Å². The van der Waals surface area contributed by atoms with Gasteiger partial charge in [-0.1, -0.05) is 95.2 Å². The molecule has 0 amide bonds. The third-order valence-corrected chi connectivity index (χ3v) is 7.33. The first-order valence-electron chi connectivity index (χ1n) is 13.4. The molecule has 0 heterocycles. The molecule has 0 radical (unpaired) electrons. The second-order valence-corrected chi connectivity index (χ2v) is 15.0. The Morgan fingerprint density at radius 1 is 0.556 bits per heavy atom. The Balaban J connectivity index is 2.62. The van der Waals surface area contributed by atoms with E-state index in [1.165, 1.54) is 22.3 Å². The highest BCUT2D eigenvalue weighted by Crippen LogP contribution is 2.44. The van der Waals surface area contributed by atoms with Crippen LogP contribution in [0.3, 0.4) is 0 Å². The summed E-state index contributed by atoms with van der Waals surface area (Å²) >= 11 is 0. The molecule has 3 heteroatoms. The first kappa shape index (κ1) is 30.2. The van der Waals surface area contributed by atoms with Crippen molar-refractivity contribution in [1.82, 2.24) is 4.90 Å². The summed E-state index contributed by atoms with van der Waals surface area (Å²) < 4.78 is 0. The SMILES string of the molecule is Cc1c(CN(C)Cc2cc(C(C)(C)C)c(O)c(C(C)(C)C)c2C)cc(C(C)(C)C)c(O)c1C(C)(C)C. The van der Waals surface area contributed by atoms with E-state index in [1.807, 2.05) is 0 Å². The lowest BCUT2D eigenvalue weighted by atomic mass is 9.75. The molecule has 2 aromatic rings. The molecule has 0 aliphatic carbocycles. The van der Waals surface area contributed by atoms with Crippen LogP contribution in [0, 0.1) is 13.8 Å². The summed E-state index contributed by atoms with van der Waals surface area (Å²) in [6, 6.07) is 4.42. The number of aromatic hydroxyl groups is 2. The summed E-state index contributed by atoms with van der Waals surface area (Å²) in [7, 11) is 2.17. The second-order valence-electron chi connectivity index (χ2n) is 15.0. The van der Waals surface area contributed by atoms with E-state index < -0.39 is 0 Å². The van der Waals surface area contributed by atoms with Crippen LogP contribution in [0.2, 0.25) is 0 Å². The average molecular weight is 496 g/mol. The molecule has 0 atom stereocenters. The first-order valence-corrected chi connectivity index (χ1v) is 13.4. The minimum atomic E-state index is -0.153. The molecule has 0 unspecified atom stereocenters. The van der Waals surface area contributed by atoms with Gasteiger partial charge >= 0.3 is 0 Å². The van der Waals surface area contributed by atoms with E-state index in [2.05, 4.69) is 121 Å². The predicted octanol–water partition coefficient (Wildman–Crippen LogP) is 8.54. The average Bonchev–Trinajstić information content (AvgIpc) is 2.62. The summed E-state index contributed by atoms with van der Waals surface area (Å²) in [6.45, 7) is 31.9. The Kier molecular flexibility index (Phi) is 8.15. The molecule has 2 rings (SSSR count). The van der Waals surface area contributed by atoms with Gasteiger partial charge in [-0.3, -0.25) is 4.90 Å². The van der Waals surface area contributed by atoms with Gasteiger partial charge in [0, 0.05) is 24.2 Å². The third kappa shape index (κ3) is 6.28. The number of nitrogens with zero attached hydrogens (tertiary/aromatic N) is 1. The summed E-state index contributed by atoms with van der Waals surface area (Å²) in [4.78, 5) is 2.36. The van der Waals surface area contributed by atoms with Crippen LogP contribution in [-0.2, 0) is 34.7 Å². The molecular formula is C33H53NO2. The van der Waals surface area contributed by atoms with Gasteiger partial charge in [0.05, 0.1) is 0 Å². The minimum absolute atomic E-state index is 0.151. The van der Waals surface area contributed by atoms with E-state index in [0.717, 1.165) is 35.3 Å². The topological polar surface area (TPSA) is 43.7 Å². The molecule has 0 aromatic heterocycles. The van der Waals surface area contributed by atoms with Crippen molar-refractivity contribution in [1.29, 1.82) is 0 Å². The van der Waals surface area contributed by atoms with Gasteiger partial charge in [-0.2, -0.15) is 0 Å². The molecule has 0 saturated heterocycles. The van der Waals surface area contributed by atoms with Crippen molar-refractivity contribution in [2.24, 2.45) is 0 Å². The summed E-state index contributed by atoms with van der Waals surface area (Å²) in [6.07, 6.45) is 0. The lowest BCUT2D eigenvalue weighted by molar-refractivity contribution is 0.315. The van der Waals surface area contributed by atoms with Crippen molar-refractivity contribution in [3.05, 3.63) is 56.6 Å². The first-order chi connectivity index (χ1) is 16.0. The van der Waals surface area contributed by atoms with Gasteiger partial charge < -0.3 is 10.2 Å². The van der Waals surface area contributed by atoms with Crippen LogP contribution in [0.1, 0.15) is 128 Å². The zero-order valence-corrected chi connectivity index (χ0v) is 25.9. The van der Waals surface area contributed by atoms with E-state index in [1.54, 1.807) is 0 Å². The van der Waals surface area contributed by atoms with Gasteiger partial charge in [0.15, 0.2) is 0 Å². The van der Waals surface area contributed by atoms with Crippen molar-refractivity contribution in [2.75, 3.05) is 7.05 Å². The lowest BCUT2D eigenvalue weighted by Gasteiger charge is -2.32. The number of hydrogen-bond donors (Lipinski definition) is 2. The quantitative estimate of drug-likeness (QED) is 0.446. The standard InChI is InChI=1S/C33H53NO2/c1-20-22(16-24(30(3,4)5)28(35)26(20)32(9,10)11)18-34(15)19-23-17-25(31(6,7)8)29(36)27(21(23)2)33(12,13)14/h16-17,35-36H,18-19H2,1-15H3. The van der Waals surface area contributed by atoms with Crippen molar-refractivity contribution in [3.63, 3.8) is 0 Å². The molecule has 2 aromatic carbocycles. The van der Waals surface area contributed by atoms with Crippen LogP contribution in [0.15, 0.2) is 12.1 Å². The summed E-state index contributed by atoms with van der Waals surface area (Å²) in [5, 5.41) is 22.5. The van der Waals surface area contributed by atoms with Crippen LogP contribution in [0.5, 0.6) is 11.5 Å². The van der Waals surface area contributed by atoms with Crippen LogP contribution in [0.4, 0.5) is 0 Å². The normalized spacial score (nSPS) is 13.6.